The summed E-state index contributed by atoms with van der Waals surface area (Å²) in [5.41, 5.74) is 0.826. The Bertz CT molecular complexity index is 626. The number of epoxide rings is 2. The standard InChI is InChI=1S/C24H34O6/c1-3-5-7-9-19-21(29-19)15-27-23(25)17-11-13-18(14-12-17)24(26)28-16-22-20(30-22)10-8-6-4-2/h11-14,19-22H,3-10,15-16H2,1-2H3. The summed E-state index contributed by atoms with van der Waals surface area (Å²) >= 11 is 0. The van der Waals surface area contributed by atoms with Crippen molar-refractivity contribution in [3.8, 4) is 0 Å². The van der Waals surface area contributed by atoms with Gasteiger partial charge in [0.2, 0.25) is 0 Å². The molecule has 1 aromatic rings. The maximum absolute atomic E-state index is 12.2. The van der Waals surface area contributed by atoms with Crippen LogP contribution in [-0.2, 0) is 18.9 Å². The minimum Gasteiger partial charge on any atom is -0.459 e. The summed E-state index contributed by atoms with van der Waals surface area (Å²) in [5.74, 6) is -0.807. The Morgan fingerprint density at radius 1 is 0.700 bits per heavy atom. The van der Waals surface area contributed by atoms with Crippen molar-refractivity contribution in [2.24, 2.45) is 0 Å². The summed E-state index contributed by atoms with van der Waals surface area (Å²) in [5, 5.41) is 0. The van der Waals surface area contributed by atoms with Gasteiger partial charge in [0.05, 0.1) is 23.3 Å². The zero-order chi connectivity index (χ0) is 21.3. The van der Waals surface area contributed by atoms with E-state index in [0.29, 0.717) is 11.1 Å². The number of carbonyl (C=O) groups excluding carboxylic acids is 2. The van der Waals surface area contributed by atoms with E-state index < -0.39 is 11.9 Å². The Labute approximate surface area is 179 Å². The maximum Gasteiger partial charge on any atom is 0.338 e. The highest BCUT2D eigenvalue weighted by Gasteiger charge is 2.39. The van der Waals surface area contributed by atoms with E-state index in [1.54, 1.807) is 24.3 Å². The first-order valence-electron chi connectivity index (χ1n) is 11.4. The fraction of sp³-hybridized carbons (Fsp3) is 0.667. The van der Waals surface area contributed by atoms with Gasteiger partial charge in [-0.15, -0.1) is 0 Å². The summed E-state index contributed by atoms with van der Waals surface area (Å²) in [4.78, 5) is 24.4. The van der Waals surface area contributed by atoms with Gasteiger partial charge in [-0.25, -0.2) is 9.59 Å². The average molecular weight is 419 g/mol. The molecule has 2 saturated heterocycles. The highest BCUT2D eigenvalue weighted by molar-refractivity contribution is 5.93. The van der Waals surface area contributed by atoms with Crippen molar-refractivity contribution >= 4 is 11.9 Å². The van der Waals surface area contributed by atoms with E-state index in [0.717, 1.165) is 25.7 Å². The Morgan fingerprint density at radius 3 is 1.47 bits per heavy atom. The molecule has 166 valence electrons. The monoisotopic (exact) mass is 418 g/mol. The number of rotatable bonds is 14. The quantitative estimate of drug-likeness (QED) is 0.248. The predicted molar refractivity (Wildman–Crippen MR) is 113 cm³/mol. The van der Waals surface area contributed by atoms with Gasteiger partial charge >= 0.3 is 11.9 Å². The fourth-order valence-electron chi connectivity index (χ4n) is 3.58. The summed E-state index contributed by atoms with van der Waals surface area (Å²) < 4.78 is 21.7. The normalized spacial score (nSPS) is 24.3. The largest absolute Gasteiger partial charge is 0.459 e. The van der Waals surface area contributed by atoms with E-state index in [9.17, 15) is 9.59 Å². The molecular formula is C24H34O6. The third-order valence-electron chi connectivity index (χ3n) is 5.67. The molecule has 4 atom stereocenters. The summed E-state index contributed by atoms with van der Waals surface area (Å²) in [6, 6.07) is 6.36. The van der Waals surface area contributed by atoms with Crippen LogP contribution < -0.4 is 0 Å². The first-order chi connectivity index (χ1) is 14.6. The second kappa shape index (κ2) is 11.5. The molecule has 2 aliphatic rings. The molecular weight excluding hydrogens is 384 g/mol. The third-order valence-corrected chi connectivity index (χ3v) is 5.67. The van der Waals surface area contributed by atoms with Gasteiger partial charge in [-0.2, -0.15) is 0 Å². The van der Waals surface area contributed by atoms with E-state index in [1.807, 2.05) is 0 Å². The minimum atomic E-state index is -0.404. The van der Waals surface area contributed by atoms with Crippen LogP contribution in [0.15, 0.2) is 24.3 Å². The van der Waals surface area contributed by atoms with Gasteiger partial charge < -0.3 is 18.9 Å². The summed E-state index contributed by atoms with van der Waals surface area (Å²) in [6.45, 7) is 4.90. The molecule has 0 saturated carbocycles. The van der Waals surface area contributed by atoms with Gasteiger partial charge in [0.1, 0.15) is 25.4 Å². The van der Waals surface area contributed by atoms with Crippen molar-refractivity contribution < 1.29 is 28.5 Å². The molecule has 30 heavy (non-hydrogen) atoms. The van der Waals surface area contributed by atoms with Crippen molar-refractivity contribution in [2.45, 2.75) is 89.6 Å². The molecule has 0 amide bonds. The molecule has 6 nitrogen and oxygen atoms in total. The van der Waals surface area contributed by atoms with Crippen molar-refractivity contribution in [1.82, 2.24) is 0 Å². The lowest BCUT2D eigenvalue weighted by molar-refractivity contribution is 0.0463. The molecule has 2 fully saturated rings. The van der Waals surface area contributed by atoms with E-state index in [-0.39, 0.29) is 37.6 Å². The van der Waals surface area contributed by atoms with Crippen LogP contribution in [0.5, 0.6) is 0 Å². The molecule has 2 heterocycles. The number of hydrogen-bond donors (Lipinski definition) is 0. The number of unbranched alkanes of at least 4 members (excludes halogenated alkanes) is 4. The summed E-state index contributed by atoms with van der Waals surface area (Å²) in [6.07, 6.45) is 9.62. The topological polar surface area (TPSA) is 77.7 Å². The highest BCUT2D eigenvalue weighted by atomic mass is 16.6. The van der Waals surface area contributed by atoms with Gasteiger partial charge in [0, 0.05) is 0 Å². The Kier molecular flexibility index (Phi) is 8.70. The molecule has 0 radical (unpaired) electrons. The zero-order valence-electron chi connectivity index (χ0n) is 18.1. The molecule has 3 rings (SSSR count). The van der Waals surface area contributed by atoms with Crippen molar-refractivity contribution in [3.63, 3.8) is 0 Å². The highest BCUT2D eigenvalue weighted by Crippen LogP contribution is 2.28. The first kappa shape index (κ1) is 22.8. The molecule has 0 aliphatic carbocycles. The van der Waals surface area contributed by atoms with Crippen LogP contribution in [0, 0.1) is 0 Å². The van der Waals surface area contributed by atoms with Crippen molar-refractivity contribution in [3.05, 3.63) is 35.4 Å². The lowest BCUT2D eigenvalue weighted by Crippen LogP contribution is -2.13. The maximum atomic E-state index is 12.2. The van der Waals surface area contributed by atoms with Crippen molar-refractivity contribution in [2.75, 3.05) is 13.2 Å². The zero-order valence-corrected chi connectivity index (χ0v) is 18.1. The molecule has 0 aromatic heterocycles. The van der Waals surface area contributed by atoms with Gasteiger partial charge in [0.15, 0.2) is 0 Å². The molecule has 0 bridgehead atoms. The molecule has 0 N–H and O–H groups in total. The molecule has 1 aromatic carbocycles. The van der Waals surface area contributed by atoms with E-state index in [2.05, 4.69) is 13.8 Å². The van der Waals surface area contributed by atoms with Crippen LogP contribution in [-0.4, -0.2) is 49.6 Å². The number of benzene rings is 1. The molecule has 2 aliphatic heterocycles. The van der Waals surface area contributed by atoms with Gasteiger partial charge in [-0.05, 0) is 37.1 Å². The number of hydrogen-bond acceptors (Lipinski definition) is 6. The Hall–Kier alpha value is -1.92. The Balaban J connectivity index is 1.32. The Morgan fingerprint density at radius 2 is 1.10 bits per heavy atom. The number of esters is 2. The van der Waals surface area contributed by atoms with E-state index in [4.69, 9.17) is 18.9 Å². The summed E-state index contributed by atoms with van der Waals surface area (Å²) in [7, 11) is 0. The SMILES string of the molecule is CCCCCC1OC1COC(=O)c1ccc(C(=O)OCC2OC2CCCCC)cc1. The molecule has 0 spiro atoms. The van der Waals surface area contributed by atoms with E-state index in [1.165, 1.54) is 25.7 Å². The van der Waals surface area contributed by atoms with Crippen LogP contribution in [0.1, 0.15) is 85.9 Å². The van der Waals surface area contributed by atoms with Gasteiger partial charge in [0.25, 0.3) is 0 Å². The van der Waals surface area contributed by atoms with Crippen molar-refractivity contribution in [1.29, 1.82) is 0 Å². The number of ether oxygens (including phenoxy) is 4. The van der Waals surface area contributed by atoms with Gasteiger partial charge in [-0.3, -0.25) is 0 Å². The fourth-order valence-corrected chi connectivity index (χ4v) is 3.58. The lowest BCUT2D eigenvalue weighted by Gasteiger charge is -2.05. The van der Waals surface area contributed by atoms with Gasteiger partial charge in [-0.1, -0.05) is 52.4 Å². The van der Waals surface area contributed by atoms with Crippen LogP contribution in [0.4, 0.5) is 0 Å². The number of carbonyl (C=O) groups is 2. The third kappa shape index (κ3) is 7.10. The molecule has 4 unspecified atom stereocenters. The smallest absolute Gasteiger partial charge is 0.338 e. The van der Waals surface area contributed by atoms with E-state index >= 15 is 0 Å². The van der Waals surface area contributed by atoms with Crippen LogP contribution in [0.3, 0.4) is 0 Å². The average Bonchev–Trinajstić information content (AvgIpc) is 3.68. The van der Waals surface area contributed by atoms with Crippen LogP contribution >= 0.6 is 0 Å². The second-order valence-corrected chi connectivity index (χ2v) is 8.19. The molecule has 6 heteroatoms. The minimum absolute atomic E-state index is 0.0236. The lowest BCUT2D eigenvalue weighted by atomic mass is 10.1. The van der Waals surface area contributed by atoms with Crippen LogP contribution in [0.25, 0.3) is 0 Å². The first-order valence-corrected chi connectivity index (χ1v) is 11.4. The van der Waals surface area contributed by atoms with Crippen LogP contribution in [0.2, 0.25) is 0 Å². The predicted octanol–water partition coefficient (Wildman–Crippen LogP) is 4.70. The second-order valence-electron chi connectivity index (χ2n) is 8.19.